The normalized spacial score (nSPS) is 14.2. The van der Waals surface area contributed by atoms with Crippen LogP contribution in [-0.4, -0.2) is 47.8 Å². The van der Waals surface area contributed by atoms with Crippen LogP contribution in [0.3, 0.4) is 0 Å². The van der Waals surface area contributed by atoms with Crippen LogP contribution in [0.1, 0.15) is 41.0 Å². The molecule has 0 saturated heterocycles. The van der Waals surface area contributed by atoms with E-state index >= 15 is 0 Å². The first-order valence-corrected chi connectivity index (χ1v) is 8.40. The number of imide groups is 1. The zero-order valence-corrected chi connectivity index (χ0v) is 14.9. The highest BCUT2D eigenvalue weighted by Crippen LogP contribution is 2.27. The van der Waals surface area contributed by atoms with Gasteiger partial charge >= 0.3 is 5.97 Å². The number of fused-ring (bicyclic) bond motifs is 1. The highest BCUT2D eigenvalue weighted by molar-refractivity contribution is 6.22. The van der Waals surface area contributed by atoms with Crippen molar-refractivity contribution in [1.82, 2.24) is 10.2 Å². The fourth-order valence-electron chi connectivity index (χ4n) is 2.74. The highest BCUT2D eigenvalue weighted by atomic mass is 16.5. The molecule has 138 valence electrons. The predicted octanol–water partition coefficient (Wildman–Crippen LogP) is 1.54. The van der Waals surface area contributed by atoms with Crippen molar-refractivity contribution in [2.75, 3.05) is 13.2 Å². The van der Waals surface area contributed by atoms with E-state index in [1.54, 1.807) is 24.3 Å². The summed E-state index contributed by atoms with van der Waals surface area (Å²) in [6.07, 6.45) is 1.41. The molecule has 1 aromatic carbocycles. The number of carbonyl (C=O) groups excluding carboxylic acids is 4. The van der Waals surface area contributed by atoms with Crippen LogP contribution in [-0.2, 0) is 14.3 Å². The van der Waals surface area contributed by atoms with Crippen LogP contribution in [0.25, 0.3) is 0 Å². The molecular weight excluding hydrogens is 336 g/mol. The third-order valence-electron chi connectivity index (χ3n) is 3.93. The van der Waals surface area contributed by atoms with Crippen molar-refractivity contribution < 1.29 is 23.9 Å². The lowest BCUT2D eigenvalue weighted by atomic mass is 10.0. The zero-order chi connectivity index (χ0) is 19.3. The number of esters is 1. The van der Waals surface area contributed by atoms with E-state index in [-0.39, 0.29) is 36.1 Å². The predicted molar refractivity (Wildman–Crippen MR) is 94.4 cm³/mol. The molecule has 7 nitrogen and oxygen atoms in total. The van der Waals surface area contributed by atoms with Gasteiger partial charge in [-0.05, 0) is 30.5 Å². The van der Waals surface area contributed by atoms with Gasteiger partial charge in [-0.3, -0.25) is 19.3 Å². The van der Waals surface area contributed by atoms with Gasteiger partial charge in [0.15, 0.2) is 0 Å². The van der Waals surface area contributed by atoms with Crippen LogP contribution in [0.15, 0.2) is 36.9 Å². The SMILES string of the molecule is C=CC(=O)NCCOC(=O)C(CC(C)C)N1C(=O)c2ccccc2C1=O. The number of amides is 3. The summed E-state index contributed by atoms with van der Waals surface area (Å²) in [6, 6.07) is 5.48. The summed E-state index contributed by atoms with van der Waals surface area (Å²) in [4.78, 5) is 49.8. The molecule has 1 aliphatic heterocycles. The van der Waals surface area contributed by atoms with Crippen LogP contribution in [0.2, 0.25) is 0 Å². The van der Waals surface area contributed by atoms with E-state index in [9.17, 15) is 19.2 Å². The minimum Gasteiger partial charge on any atom is -0.462 e. The maximum Gasteiger partial charge on any atom is 0.329 e. The van der Waals surface area contributed by atoms with Gasteiger partial charge in [0.05, 0.1) is 17.7 Å². The van der Waals surface area contributed by atoms with Crippen molar-refractivity contribution in [3.63, 3.8) is 0 Å². The van der Waals surface area contributed by atoms with Crippen molar-refractivity contribution in [2.45, 2.75) is 26.3 Å². The number of nitrogens with one attached hydrogen (secondary N) is 1. The molecule has 1 heterocycles. The molecular formula is C19H22N2O5. The van der Waals surface area contributed by atoms with E-state index in [1.807, 2.05) is 13.8 Å². The van der Waals surface area contributed by atoms with E-state index in [1.165, 1.54) is 0 Å². The molecule has 1 aromatic rings. The van der Waals surface area contributed by atoms with Gasteiger partial charge in [0.25, 0.3) is 11.8 Å². The summed E-state index contributed by atoms with van der Waals surface area (Å²) in [5, 5.41) is 2.49. The van der Waals surface area contributed by atoms with Crippen molar-refractivity contribution >= 4 is 23.7 Å². The monoisotopic (exact) mass is 358 g/mol. The van der Waals surface area contributed by atoms with Crippen molar-refractivity contribution in [3.8, 4) is 0 Å². The Morgan fingerprint density at radius 3 is 2.27 bits per heavy atom. The van der Waals surface area contributed by atoms with Crippen LogP contribution >= 0.6 is 0 Å². The molecule has 0 fully saturated rings. The molecule has 1 N–H and O–H groups in total. The first-order valence-electron chi connectivity index (χ1n) is 8.40. The Kier molecular flexibility index (Phi) is 6.27. The summed E-state index contributed by atoms with van der Waals surface area (Å²) < 4.78 is 5.17. The number of carbonyl (C=O) groups is 4. The lowest BCUT2D eigenvalue weighted by Gasteiger charge is -2.26. The molecule has 0 spiro atoms. The van der Waals surface area contributed by atoms with E-state index in [0.29, 0.717) is 6.42 Å². The van der Waals surface area contributed by atoms with Gasteiger partial charge in [-0.25, -0.2) is 4.79 Å². The number of ether oxygens (including phenoxy) is 1. The molecule has 1 atom stereocenters. The van der Waals surface area contributed by atoms with E-state index in [4.69, 9.17) is 4.74 Å². The second-order valence-corrected chi connectivity index (χ2v) is 6.33. The van der Waals surface area contributed by atoms with Crippen LogP contribution < -0.4 is 5.32 Å². The Balaban J connectivity index is 2.11. The van der Waals surface area contributed by atoms with Crippen LogP contribution in [0.5, 0.6) is 0 Å². The third kappa shape index (κ3) is 4.17. The molecule has 0 radical (unpaired) electrons. The van der Waals surface area contributed by atoms with Crippen LogP contribution in [0.4, 0.5) is 0 Å². The van der Waals surface area contributed by atoms with Crippen molar-refractivity contribution in [2.24, 2.45) is 5.92 Å². The second kappa shape index (κ2) is 8.42. The fraction of sp³-hybridized carbons (Fsp3) is 0.368. The minimum atomic E-state index is -1.00. The van der Waals surface area contributed by atoms with Crippen molar-refractivity contribution in [3.05, 3.63) is 48.0 Å². The third-order valence-corrected chi connectivity index (χ3v) is 3.93. The topological polar surface area (TPSA) is 92.8 Å². The molecule has 0 aliphatic carbocycles. The Morgan fingerprint density at radius 2 is 1.77 bits per heavy atom. The van der Waals surface area contributed by atoms with E-state index in [2.05, 4.69) is 11.9 Å². The van der Waals surface area contributed by atoms with Gasteiger partial charge in [0, 0.05) is 0 Å². The zero-order valence-electron chi connectivity index (χ0n) is 14.9. The Morgan fingerprint density at radius 1 is 1.19 bits per heavy atom. The number of hydrogen-bond donors (Lipinski definition) is 1. The van der Waals surface area contributed by atoms with Gasteiger partial charge in [-0.2, -0.15) is 0 Å². The maximum absolute atomic E-state index is 12.6. The number of hydrogen-bond acceptors (Lipinski definition) is 5. The average molecular weight is 358 g/mol. The molecule has 0 saturated carbocycles. The van der Waals surface area contributed by atoms with Gasteiger partial charge in [-0.1, -0.05) is 32.6 Å². The largest absolute Gasteiger partial charge is 0.462 e. The standard InChI is InChI=1S/C19H22N2O5/c1-4-16(22)20-9-10-26-19(25)15(11-12(2)3)21-17(23)13-7-5-6-8-14(13)18(21)24/h4-8,12,15H,1,9-11H2,2-3H3,(H,20,22). The first-order chi connectivity index (χ1) is 12.4. The Labute approximate surface area is 152 Å². The summed E-state index contributed by atoms with van der Waals surface area (Å²) in [6.45, 7) is 7.16. The van der Waals surface area contributed by atoms with Gasteiger partial charge in [-0.15, -0.1) is 0 Å². The van der Waals surface area contributed by atoms with Gasteiger partial charge < -0.3 is 10.1 Å². The Bertz CT molecular complexity index is 706. The summed E-state index contributed by atoms with van der Waals surface area (Å²) in [7, 11) is 0. The number of benzene rings is 1. The second-order valence-electron chi connectivity index (χ2n) is 6.33. The molecule has 0 aromatic heterocycles. The molecule has 26 heavy (non-hydrogen) atoms. The fourth-order valence-corrected chi connectivity index (χ4v) is 2.74. The first kappa shape index (κ1) is 19.4. The molecule has 1 unspecified atom stereocenters. The average Bonchev–Trinajstić information content (AvgIpc) is 2.87. The van der Waals surface area contributed by atoms with Gasteiger partial charge in [0.2, 0.25) is 5.91 Å². The summed E-state index contributed by atoms with van der Waals surface area (Å²) in [5.41, 5.74) is 0.578. The summed E-state index contributed by atoms with van der Waals surface area (Å²) in [5.74, 6) is -1.96. The quantitative estimate of drug-likeness (QED) is 0.329. The Hall–Kier alpha value is -2.96. The number of nitrogens with zero attached hydrogens (tertiary/aromatic N) is 1. The number of rotatable bonds is 8. The van der Waals surface area contributed by atoms with Crippen molar-refractivity contribution in [1.29, 1.82) is 0 Å². The molecule has 7 heteroatoms. The van der Waals surface area contributed by atoms with E-state index in [0.717, 1.165) is 11.0 Å². The van der Waals surface area contributed by atoms with Crippen LogP contribution in [0, 0.1) is 5.92 Å². The molecule has 1 aliphatic rings. The smallest absolute Gasteiger partial charge is 0.329 e. The highest BCUT2D eigenvalue weighted by Gasteiger charge is 2.43. The molecule has 3 amide bonds. The van der Waals surface area contributed by atoms with E-state index < -0.39 is 23.8 Å². The minimum absolute atomic E-state index is 0.0593. The van der Waals surface area contributed by atoms with Gasteiger partial charge in [0.1, 0.15) is 12.6 Å². The maximum atomic E-state index is 12.6. The lowest BCUT2D eigenvalue weighted by Crippen LogP contribution is -2.46. The summed E-state index contributed by atoms with van der Waals surface area (Å²) >= 11 is 0. The molecule has 0 bridgehead atoms. The lowest BCUT2D eigenvalue weighted by molar-refractivity contribution is -0.149. The molecule has 2 rings (SSSR count).